The first-order chi connectivity index (χ1) is 12.0. The van der Waals surface area contributed by atoms with Gasteiger partial charge >= 0.3 is 0 Å². The lowest BCUT2D eigenvalue weighted by Crippen LogP contribution is -2.27. The van der Waals surface area contributed by atoms with Gasteiger partial charge in [-0.3, -0.25) is 0 Å². The van der Waals surface area contributed by atoms with Crippen molar-refractivity contribution < 1.29 is 12.8 Å². The highest BCUT2D eigenvalue weighted by Crippen LogP contribution is 2.24. The van der Waals surface area contributed by atoms with Gasteiger partial charge in [0.05, 0.1) is 11.4 Å². The number of aromatic nitrogens is 1. The van der Waals surface area contributed by atoms with Crippen LogP contribution in [-0.2, 0) is 22.2 Å². The van der Waals surface area contributed by atoms with Gasteiger partial charge in [-0.2, -0.15) is 0 Å². The Kier molecular flexibility index (Phi) is 5.57. The Hall–Kier alpha value is -2.09. The van der Waals surface area contributed by atoms with E-state index in [1.54, 1.807) is 24.3 Å². The number of halogens is 1. The highest BCUT2D eigenvalue weighted by molar-refractivity contribution is 7.88. The smallest absolute Gasteiger partial charge is 0.215 e. The molecule has 0 saturated carbocycles. The number of hydrogen-bond donors (Lipinski definition) is 1. The van der Waals surface area contributed by atoms with Gasteiger partial charge in [-0.05, 0) is 29.8 Å². The van der Waals surface area contributed by atoms with Crippen molar-refractivity contribution in [3.63, 3.8) is 0 Å². The number of nitrogens with zero attached hydrogens (tertiary/aromatic N) is 1. The van der Waals surface area contributed by atoms with Gasteiger partial charge in [-0.15, -0.1) is 11.3 Å². The molecule has 0 aliphatic carbocycles. The van der Waals surface area contributed by atoms with Crippen molar-refractivity contribution in [2.45, 2.75) is 12.2 Å². The van der Waals surface area contributed by atoms with Crippen LogP contribution in [0, 0.1) is 5.82 Å². The van der Waals surface area contributed by atoms with E-state index in [1.165, 1.54) is 23.5 Å². The summed E-state index contributed by atoms with van der Waals surface area (Å²) in [6, 6.07) is 15.2. The molecule has 2 aromatic carbocycles. The van der Waals surface area contributed by atoms with Crippen molar-refractivity contribution >= 4 is 21.4 Å². The first-order valence-corrected chi connectivity index (χ1v) is 10.3. The summed E-state index contributed by atoms with van der Waals surface area (Å²) in [6.45, 7) is 0.293. The second-order valence-corrected chi connectivity index (χ2v) is 8.20. The molecule has 25 heavy (non-hydrogen) atoms. The Morgan fingerprint density at radius 1 is 1.04 bits per heavy atom. The third kappa shape index (κ3) is 5.19. The summed E-state index contributed by atoms with van der Waals surface area (Å²) in [5.74, 6) is -0.320. The van der Waals surface area contributed by atoms with E-state index in [2.05, 4.69) is 9.71 Å². The lowest BCUT2D eigenvalue weighted by atomic mass is 10.2. The predicted octanol–water partition coefficient (Wildman–Crippen LogP) is 3.61. The van der Waals surface area contributed by atoms with Gasteiger partial charge in [0, 0.05) is 23.9 Å². The molecule has 7 heteroatoms. The van der Waals surface area contributed by atoms with E-state index >= 15 is 0 Å². The molecule has 0 bridgehead atoms. The molecule has 0 amide bonds. The molecule has 4 nitrogen and oxygen atoms in total. The summed E-state index contributed by atoms with van der Waals surface area (Å²) in [4.78, 5) is 4.47. The summed E-state index contributed by atoms with van der Waals surface area (Å²) in [5, 5.41) is 2.69. The van der Waals surface area contributed by atoms with Crippen molar-refractivity contribution in [2.24, 2.45) is 0 Å². The molecule has 1 heterocycles. The van der Waals surface area contributed by atoms with Crippen LogP contribution in [0.3, 0.4) is 0 Å². The van der Waals surface area contributed by atoms with Gasteiger partial charge in [0.1, 0.15) is 10.8 Å². The summed E-state index contributed by atoms with van der Waals surface area (Å²) in [6.07, 6.45) is 0.506. The minimum atomic E-state index is -3.37. The van der Waals surface area contributed by atoms with Crippen molar-refractivity contribution in [1.82, 2.24) is 9.71 Å². The van der Waals surface area contributed by atoms with E-state index in [-0.39, 0.29) is 11.6 Å². The van der Waals surface area contributed by atoms with Crippen LogP contribution in [-0.4, -0.2) is 19.9 Å². The Bertz CT molecular complexity index is 923. The average Bonchev–Trinajstić information content (AvgIpc) is 3.04. The van der Waals surface area contributed by atoms with Crippen LogP contribution < -0.4 is 4.72 Å². The lowest BCUT2D eigenvalue weighted by Gasteiger charge is -2.05. The van der Waals surface area contributed by atoms with E-state index in [0.717, 1.165) is 21.8 Å². The fourth-order valence-corrected chi connectivity index (χ4v) is 4.33. The molecule has 0 unspecified atom stereocenters. The third-order valence-electron chi connectivity index (χ3n) is 3.55. The van der Waals surface area contributed by atoms with Crippen LogP contribution in [0.15, 0.2) is 60.0 Å². The molecule has 0 radical (unpaired) electrons. The summed E-state index contributed by atoms with van der Waals surface area (Å²) in [7, 11) is -3.37. The molecule has 0 saturated heterocycles. The quantitative estimate of drug-likeness (QED) is 0.685. The number of benzene rings is 2. The zero-order chi connectivity index (χ0) is 17.7. The Morgan fingerprint density at radius 3 is 2.48 bits per heavy atom. The van der Waals surface area contributed by atoms with Crippen LogP contribution in [0.2, 0.25) is 0 Å². The standard InChI is InChI=1S/C18H17FN2O2S2/c19-16-8-6-15(7-9-16)18-21-17(12-24-18)10-11-20-25(22,23)13-14-4-2-1-3-5-14/h1-9,12,20H,10-11,13H2. The van der Waals surface area contributed by atoms with E-state index < -0.39 is 10.0 Å². The van der Waals surface area contributed by atoms with Gasteiger partial charge in [0.15, 0.2) is 0 Å². The summed E-state index contributed by atoms with van der Waals surface area (Å²) >= 11 is 1.46. The highest BCUT2D eigenvalue weighted by Gasteiger charge is 2.11. The molecular formula is C18H17FN2O2S2. The Morgan fingerprint density at radius 2 is 1.76 bits per heavy atom. The minimum absolute atomic E-state index is 0.0360. The van der Waals surface area contributed by atoms with Crippen molar-refractivity contribution in [2.75, 3.05) is 6.54 Å². The highest BCUT2D eigenvalue weighted by atomic mass is 32.2. The minimum Gasteiger partial charge on any atom is -0.241 e. The number of thiazole rings is 1. The van der Waals surface area contributed by atoms with Crippen LogP contribution in [0.4, 0.5) is 4.39 Å². The first kappa shape index (κ1) is 17.7. The molecule has 0 aliphatic rings. The van der Waals surface area contributed by atoms with Gasteiger partial charge in [0.25, 0.3) is 0 Å². The van der Waals surface area contributed by atoms with Crippen LogP contribution in [0.5, 0.6) is 0 Å². The molecule has 3 aromatic rings. The number of nitrogens with one attached hydrogen (secondary N) is 1. The SMILES string of the molecule is O=S(=O)(Cc1ccccc1)NCCc1csc(-c2ccc(F)cc2)n1. The third-order valence-corrected chi connectivity index (χ3v) is 5.84. The maximum Gasteiger partial charge on any atom is 0.215 e. The molecule has 1 N–H and O–H groups in total. The second kappa shape index (κ2) is 7.86. The van der Waals surface area contributed by atoms with E-state index in [0.29, 0.717) is 13.0 Å². The van der Waals surface area contributed by atoms with E-state index in [4.69, 9.17) is 0 Å². The van der Waals surface area contributed by atoms with Gasteiger partial charge < -0.3 is 0 Å². The average molecular weight is 376 g/mol. The van der Waals surface area contributed by atoms with Crippen molar-refractivity contribution in [1.29, 1.82) is 0 Å². The van der Waals surface area contributed by atoms with Gasteiger partial charge in [-0.25, -0.2) is 22.5 Å². The van der Waals surface area contributed by atoms with Crippen LogP contribution >= 0.6 is 11.3 Å². The zero-order valence-electron chi connectivity index (χ0n) is 13.4. The van der Waals surface area contributed by atoms with Crippen LogP contribution in [0.25, 0.3) is 10.6 Å². The molecule has 3 rings (SSSR count). The fraction of sp³-hybridized carbons (Fsp3) is 0.167. The van der Waals surface area contributed by atoms with Gasteiger partial charge in [-0.1, -0.05) is 30.3 Å². The van der Waals surface area contributed by atoms with Gasteiger partial charge in [0.2, 0.25) is 10.0 Å². The molecule has 0 fully saturated rings. The van der Waals surface area contributed by atoms with Crippen molar-refractivity contribution in [3.05, 3.63) is 77.1 Å². The maximum atomic E-state index is 13.0. The van der Waals surface area contributed by atoms with Crippen LogP contribution in [0.1, 0.15) is 11.3 Å². The Labute approximate surface area is 150 Å². The molecular weight excluding hydrogens is 359 g/mol. The monoisotopic (exact) mass is 376 g/mol. The molecule has 0 spiro atoms. The zero-order valence-corrected chi connectivity index (χ0v) is 15.0. The first-order valence-electron chi connectivity index (χ1n) is 7.73. The normalized spacial score (nSPS) is 11.6. The fourth-order valence-electron chi connectivity index (χ4n) is 2.33. The summed E-state index contributed by atoms with van der Waals surface area (Å²) < 4.78 is 39.7. The number of sulfonamides is 1. The summed E-state index contributed by atoms with van der Waals surface area (Å²) in [5.41, 5.74) is 2.41. The topological polar surface area (TPSA) is 59.1 Å². The number of rotatable bonds is 7. The molecule has 1 aromatic heterocycles. The molecule has 130 valence electrons. The van der Waals surface area contributed by atoms with Crippen molar-refractivity contribution in [3.8, 4) is 10.6 Å². The van der Waals surface area contributed by atoms with E-state index in [1.807, 2.05) is 23.6 Å². The second-order valence-electron chi connectivity index (χ2n) is 5.54. The lowest BCUT2D eigenvalue weighted by molar-refractivity contribution is 0.580. The largest absolute Gasteiger partial charge is 0.241 e. The molecule has 0 atom stereocenters. The Balaban J connectivity index is 1.55. The molecule has 0 aliphatic heterocycles. The maximum absolute atomic E-state index is 13.0. The number of hydrogen-bond acceptors (Lipinski definition) is 4. The predicted molar refractivity (Wildman–Crippen MR) is 98.3 cm³/mol. The van der Waals surface area contributed by atoms with E-state index in [9.17, 15) is 12.8 Å².